The third-order valence-electron chi connectivity index (χ3n) is 4.31. The first-order chi connectivity index (χ1) is 13.7. The van der Waals surface area contributed by atoms with E-state index in [0.717, 1.165) is 21.3 Å². The Kier molecular flexibility index (Phi) is 5.53. The monoisotopic (exact) mass is 412 g/mol. The van der Waals surface area contributed by atoms with Crippen LogP contribution in [-0.2, 0) is 0 Å². The highest BCUT2D eigenvalue weighted by Gasteiger charge is 2.22. The summed E-state index contributed by atoms with van der Waals surface area (Å²) in [6.07, 6.45) is 0. The number of hydrogen-bond acceptors (Lipinski definition) is 8. The Morgan fingerprint density at radius 3 is 2.14 bits per heavy atom. The van der Waals surface area contributed by atoms with Gasteiger partial charge >= 0.3 is 0 Å². The van der Waals surface area contributed by atoms with Crippen molar-refractivity contribution in [2.75, 3.05) is 26.6 Å². The Hall–Kier alpha value is -3.05. The number of nitriles is 1. The van der Waals surface area contributed by atoms with Gasteiger partial charge in [-0.05, 0) is 45.4 Å². The molecule has 1 aromatic carbocycles. The Balaban J connectivity index is 2.29. The first-order valence-electron chi connectivity index (χ1n) is 9.02. The van der Waals surface area contributed by atoms with Gasteiger partial charge in [-0.2, -0.15) is 5.26 Å². The van der Waals surface area contributed by atoms with Gasteiger partial charge in [-0.15, -0.1) is 11.3 Å². The van der Waals surface area contributed by atoms with Crippen LogP contribution in [0, 0.1) is 18.3 Å². The van der Waals surface area contributed by atoms with Crippen LogP contribution in [0.25, 0.3) is 21.6 Å². The molecule has 2 aromatic heterocycles. The molecule has 0 radical (unpaired) electrons. The maximum absolute atomic E-state index is 9.47. The molecule has 0 amide bonds. The van der Waals surface area contributed by atoms with Gasteiger partial charge in [-0.25, -0.2) is 9.97 Å². The van der Waals surface area contributed by atoms with Crippen LogP contribution in [0.4, 0.5) is 5.82 Å². The number of aromatic nitrogens is 2. The number of anilines is 1. The van der Waals surface area contributed by atoms with E-state index in [9.17, 15) is 5.26 Å². The molecule has 29 heavy (non-hydrogen) atoms. The summed E-state index contributed by atoms with van der Waals surface area (Å²) in [5.41, 5.74) is 1.40. The summed E-state index contributed by atoms with van der Waals surface area (Å²) in [6.45, 7) is 8.11. The molecule has 152 valence electrons. The van der Waals surface area contributed by atoms with Gasteiger partial charge in [-0.3, -0.25) is 0 Å². The highest BCUT2D eigenvalue weighted by atomic mass is 32.1. The fourth-order valence-electron chi connectivity index (χ4n) is 3.03. The average Bonchev–Trinajstić information content (AvgIpc) is 3.01. The topological polar surface area (TPSA) is 89.3 Å². The van der Waals surface area contributed by atoms with Crippen molar-refractivity contribution in [3.05, 3.63) is 22.6 Å². The number of rotatable bonds is 5. The molecule has 0 saturated heterocycles. The summed E-state index contributed by atoms with van der Waals surface area (Å²) in [4.78, 5) is 10.9. The summed E-state index contributed by atoms with van der Waals surface area (Å²) in [5, 5.41) is 13.8. The number of methoxy groups -OCH3 is 3. The zero-order valence-electron chi connectivity index (χ0n) is 17.6. The molecule has 0 atom stereocenters. The van der Waals surface area contributed by atoms with E-state index in [2.05, 4.69) is 32.2 Å². The minimum absolute atomic E-state index is 0.213. The lowest BCUT2D eigenvalue weighted by Gasteiger charge is -2.22. The smallest absolute Gasteiger partial charge is 0.203 e. The van der Waals surface area contributed by atoms with Gasteiger partial charge in [0.2, 0.25) is 5.75 Å². The average molecular weight is 413 g/mol. The second kappa shape index (κ2) is 7.76. The summed E-state index contributed by atoms with van der Waals surface area (Å²) in [6, 6.07) is 5.88. The molecule has 0 aliphatic heterocycles. The van der Waals surface area contributed by atoms with E-state index in [1.165, 1.54) is 11.3 Å². The number of nitrogens with one attached hydrogen (secondary N) is 1. The fraction of sp³-hybridized carbons (Fsp3) is 0.381. The Morgan fingerprint density at radius 1 is 1.03 bits per heavy atom. The highest BCUT2D eigenvalue weighted by Crippen LogP contribution is 2.42. The van der Waals surface area contributed by atoms with Crippen molar-refractivity contribution in [1.82, 2.24) is 9.97 Å². The van der Waals surface area contributed by atoms with Gasteiger partial charge in [0, 0.05) is 11.1 Å². The minimum atomic E-state index is -0.213. The molecule has 0 aliphatic carbocycles. The maximum Gasteiger partial charge on any atom is 0.203 e. The molecule has 0 fully saturated rings. The van der Waals surface area contributed by atoms with Crippen molar-refractivity contribution in [2.24, 2.45) is 0 Å². The maximum atomic E-state index is 9.47. The van der Waals surface area contributed by atoms with E-state index in [1.54, 1.807) is 21.3 Å². The van der Waals surface area contributed by atoms with Crippen molar-refractivity contribution in [2.45, 2.75) is 33.2 Å². The zero-order chi connectivity index (χ0) is 21.3. The van der Waals surface area contributed by atoms with E-state index in [0.29, 0.717) is 33.8 Å². The van der Waals surface area contributed by atoms with Crippen LogP contribution in [0.5, 0.6) is 17.2 Å². The highest BCUT2D eigenvalue weighted by molar-refractivity contribution is 7.19. The molecule has 1 N–H and O–H groups in total. The number of fused-ring (bicyclic) bond motifs is 1. The predicted molar refractivity (Wildman–Crippen MR) is 115 cm³/mol. The van der Waals surface area contributed by atoms with Crippen molar-refractivity contribution in [3.8, 4) is 34.7 Å². The molecule has 2 heterocycles. The fourth-order valence-corrected chi connectivity index (χ4v) is 4.01. The van der Waals surface area contributed by atoms with Crippen LogP contribution in [0.3, 0.4) is 0 Å². The van der Waals surface area contributed by atoms with E-state index in [-0.39, 0.29) is 5.54 Å². The molecular weight excluding hydrogens is 388 g/mol. The summed E-state index contributed by atoms with van der Waals surface area (Å²) < 4.78 is 16.3. The minimum Gasteiger partial charge on any atom is -0.493 e. The third-order valence-corrected chi connectivity index (χ3v) is 5.40. The summed E-state index contributed by atoms with van der Waals surface area (Å²) >= 11 is 1.36. The first-order valence-corrected chi connectivity index (χ1v) is 9.83. The Bertz CT molecular complexity index is 1080. The van der Waals surface area contributed by atoms with E-state index >= 15 is 0 Å². The number of benzene rings is 1. The molecule has 0 unspecified atom stereocenters. The van der Waals surface area contributed by atoms with Crippen LogP contribution < -0.4 is 19.5 Å². The number of ether oxygens (including phenoxy) is 3. The van der Waals surface area contributed by atoms with Crippen molar-refractivity contribution in [1.29, 1.82) is 5.26 Å². The van der Waals surface area contributed by atoms with E-state index in [1.807, 2.05) is 19.1 Å². The SMILES string of the molecule is COc1cc(-c2nc(NC(C)(C)C)c3c(C)c(C#N)sc3n2)cc(OC)c1OC. The molecular formula is C21H24N4O3S. The van der Waals surface area contributed by atoms with Crippen molar-refractivity contribution in [3.63, 3.8) is 0 Å². The molecule has 0 bridgehead atoms. The lowest BCUT2D eigenvalue weighted by molar-refractivity contribution is 0.324. The van der Waals surface area contributed by atoms with Crippen LogP contribution >= 0.6 is 11.3 Å². The predicted octanol–water partition coefficient (Wildman–Crippen LogP) is 4.77. The number of hydrogen-bond donors (Lipinski definition) is 1. The molecule has 0 aliphatic rings. The second-order valence-electron chi connectivity index (χ2n) is 7.53. The number of nitrogens with zero attached hydrogens (tertiary/aromatic N) is 3. The molecule has 7 nitrogen and oxygen atoms in total. The molecule has 0 spiro atoms. The summed E-state index contributed by atoms with van der Waals surface area (Å²) in [5.74, 6) is 2.76. The molecule has 8 heteroatoms. The van der Waals surface area contributed by atoms with E-state index in [4.69, 9.17) is 24.2 Å². The van der Waals surface area contributed by atoms with E-state index < -0.39 is 0 Å². The van der Waals surface area contributed by atoms with Crippen LogP contribution in [0.1, 0.15) is 31.2 Å². The Morgan fingerprint density at radius 2 is 1.66 bits per heavy atom. The van der Waals surface area contributed by atoms with Crippen LogP contribution in [0.15, 0.2) is 12.1 Å². The lowest BCUT2D eigenvalue weighted by Crippen LogP contribution is -2.27. The van der Waals surface area contributed by atoms with Gasteiger partial charge in [-0.1, -0.05) is 0 Å². The number of aryl methyl sites for hydroxylation is 1. The first kappa shape index (κ1) is 20.7. The van der Waals surface area contributed by atoms with Gasteiger partial charge in [0.05, 0.1) is 26.7 Å². The molecule has 3 aromatic rings. The van der Waals surface area contributed by atoms with Crippen LogP contribution in [0.2, 0.25) is 0 Å². The van der Waals surface area contributed by atoms with Gasteiger partial charge in [0.15, 0.2) is 17.3 Å². The zero-order valence-corrected chi connectivity index (χ0v) is 18.4. The van der Waals surface area contributed by atoms with Gasteiger partial charge in [0.1, 0.15) is 21.6 Å². The van der Waals surface area contributed by atoms with Crippen molar-refractivity contribution >= 4 is 27.4 Å². The normalized spacial score (nSPS) is 11.2. The Labute approximate surface area is 174 Å². The van der Waals surface area contributed by atoms with Crippen molar-refractivity contribution < 1.29 is 14.2 Å². The lowest BCUT2D eigenvalue weighted by atomic mass is 10.1. The quantitative estimate of drug-likeness (QED) is 0.645. The van der Waals surface area contributed by atoms with Crippen LogP contribution in [-0.4, -0.2) is 36.8 Å². The molecule has 3 rings (SSSR count). The standard InChI is InChI=1S/C21H24N4O3S/c1-11-15(10-22)29-20-16(11)19(25-21(2,3)4)23-18(24-20)12-8-13(26-5)17(28-7)14(9-12)27-6/h8-9H,1-7H3,(H,23,24,25). The third kappa shape index (κ3) is 3.91. The van der Waals surface area contributed by atoms with Gasteiger partial charge < -0.3 is 19.5 Å². The number of thiophene rings is 1. The summed E-state index contributed by atoms with van der Waals surface area (Å²) in [7, 11) is 4.70. The van der Waals surface area contributed by atoms with Gasteiger partial charge in [0.25, 0.3) is 0 Å². The molecule has 0 saturated carbocycles. The second-order valence-corrected chi connectivity index (χ2v) is 8.53. The largest absolute Gasteiger partial charge is 0.493 e.